The Balaban J connectivity index is 2.24. The molecule has 0 bridgehead atoms. The second-order valence-electron chi connectivity index (χ2n) is 2.99. The van der Waals surface area contributed by atoms with Crippen LogP contribution in [0.5, 0.6) is 0 Å². The van der Waals surface area contributed by atoms with Crippen molar-refractivity contribution < 1.29 is 4.42 Å². The van der Waals surface area contributed by atoms with Crippen molar-refractivity contribution in [3.05, 3.63) is 41.9 Å². The average Bonchev–Trinajstić information content (AvgIpc) is 2.86. The number of para-hydroxylation sites is 1. The van der Waals surface area contributed by atoms with Gasteiger partial charge in [0.15, 0.2) is 10.8 Å². The monoisotopic (exact) mass is 201 g/mol. The van der Waals surface area contributed by atoms with Crippen LogP contribution in [0.4, 0.5) is 0 Å². The summed E-state index contributed by atoms with van der Waals surface area (Å²) in [4.78, 5) is 4.21. The largest absolute Gasteiger partial charge is 0.454 e. The first-order valence-corrected chi connectivity index (χ1v) is 5.20. The minimum absolute atomic E-state index is 0.848. The molecule has 0 saturated carbocycles. The van der Waals surface area contributed by atoms with Crippen LogP contribution < -0.4 is 0 Å². The Morgan fingerprint density at radius 3 is 2.93 bits per heavy atom. The Morgan fingerprint density at radius 1 is 1.21 bits per heavy atom. The van der Waals surface area contributed by atoms with Gasteiger partial charge >= 0.3 is 0 Å². The van der Waals surface area contributed by atoms with Gasteiger partial charge in [-0.2, -0.15) is 0 Å². The summed E-state index contributed by atoms with van der Waals surface area (Å²) in [7, 11) is 0. The summed E-state index contributed by atoms with van der Waals surface area (Å²) in [5.41, 5.74) is 0.915. The number of furan rings is 1. The number of nitrogens with zero attached hydrogens (tertiary/aromatic N) is 1. The van der Waals surface area contributed by atoms with Crippen LogP contribution in [-0.4, -0.2) is 4.98 Å². The van der Waals surface area contributed by atoms with Gasteiger partial charge in [-0.15, -0.1) is 11.3 Å². The molecule has 0 spiro atoms. The van der Waals surface area contributed by atoms with E-state index < -0.39 is 0 Å². The first-order chi connectivity index (χ1) is 6.93. The van der Waals surface area contributed by atoms with Crippen molar-refractivity contribution >= 4 is 22.3 Å². The molecule has 3 aromatic rings. The summed E-state index contributed by atoms with van der Waals surface area (Å²) < 4.78 is 5.66. The van der Waals surface area contributed by atoms with Crippen molar-refractivity contribution in [2.24, 2.45) is 0 Å². The molecule has 68 valence electrons. The minimum atomic E-state index is 0.848. The fraction of sp³-hybridized carbons (Fsp3) is 0. The maximum atomic E-state index is 5.66. The standard InChI is InChI=1S/C11H7NOS/c1-2-4-9-8(3-1)7-10(13-9)11-12-5-6-14-11/h1-7H. The highest BCUT2D eigenvalue weighted by atomic mass is 32.1. The molecule has 1 aromatic carbocycles. The molecule has 0 unspecified atom stereocenters. The average molecular weight is 201 g/mol. The second-order valence-corrected chi connectivity index (χ2v) is 3.88. The van der Waals surface area contributed by atoms with Gasteiger partial charge in [-0.05, 0) is 12.1 Å². The van der Waals surface area contributed by atoms with Gasteiger partial charge in [0.05, 0.1) is 0 Å². The highest BCUT2D eigenvalue weighted by Gasteiger charge is 2.06. The van der Waals surface area contributed by atoms with E-state index in [1.54, 1.807) is 17.5 Å². The van der Waals surface area contributed by atoms with Gasteiger partial charge in [0.2, 0.25) is 0 Å². The molecule has 3 rings (SSSR count). The number of benzene rings is 1. The van der Waals surface area contributed by atoms with E-state index in [1.165, 1.54) is 0 Å². The molecule has 0 saturated heterocycles. The van der Waals surface area contributed by atoms with Gasteiger partial charge in [-0.25, -0.2) is 4.98 Å². The number of hydrogen-bond donors (Lipinski definition) is 0. The van der Waals surface area contributed by atoms with Crippen molar-refractivity contribution in [2.45, 2.75) is 0 Å². The molecule has 0 aliphatic rings. The molecule has 2 heterocycles. The highest BCUT2D eigenvalue weighted by molar-refractivity contribution is 7.13. The zero-order valence-corrected chi connectivity index (χ0v) is 8.12. The van der Waals surface area contributed by atoms with Crippen molar-refractivity contribution in [3.63, 3.8) is 0 Å². The van der Waals surface area contributed by atoms with Crippen LogP contribution >= 0.6 is 11.3 Å². The third kappa shape index (κ3) is 1.14. The molecule has 14 heavy (non-hydrogen) atoms. The molecular formula is C11H7NOS. The number of aromatic nitrogens is 1. The molecular weight excluding hydrogens is 194 g/mol. The Hall–Kier alpha value is -1.61. The summed E-state index contributed by atoms with van der Waals surface area (Å²) >= 11 is 1.59. The van der Waals surface area contributed by atoms with E-state index in [9.17, 15) is 0 Å². The van der Waals surface area contributed by atoms with Crippen LogP contribution in [-0.2, 0) is 0 Å². The van der Waals surface area contributed by atoms with Gasteiger partial charge in [-0.1, -0.05) is 18.2 Å². The third-order valence-corrected chi connectivity index (χ3v) is 2.86. The summed E-state index contributed by atoms with van der Waals surface area (Å²) in [5, 5.41) is 4.00. The van der Waals surface area contributed by atoms with Gasteiger partial charge < -0.3 is 4.42 Å². The van der Waals surface area contributed by atoms with E-state index >= 15 is 0 Å². The van der Waals surface area contributed by atoms with E-state index in [0.29, 0.717) is 0 Å². The number of hydrogen-bond acceptors (Lipinski definition) is 3. The summed E-state index contributed by atoms with van der Waals surface area (Å²) in [5.74, 6) is 0.848. The minimum Gasteiger partial charge on any atom is -0.454 e. The number of rotatable bonds is 1. The Labute approximate surface area is 84.8 Å². The SMILES string of the molecule is c1ccc2oc(-c3nccs3)cc2c1. The first-order valence-electron chi connectivity index (χ1n) is 4.32. The Kier molecular flexibility index (Phi) is 1.64. The smallest absolute Gasteiger partial charge is 0.164 e. The summed E-state index contributed by atoms with van der Waals surface area (Å²) in [6, 6.07) is 10.00. The van der Waals surface area contributed by atoms with Gasteiger partial charge in [-0.3, -0.25) is 0 Å². The zero-order valence-electron chi connectivity index (χ0n) is 7.31. The Morgan fingerprint density at radius 2 is 2.14 bits per heavy atom. The fourth-order valence-corrected chi connectivity index (χ4v) is 2.02. The van der Waals surface area contributed by atoms with Crippen LogP contribution in [0.25, 0.3) is 21.7 Å². The van der Waals surface area contributed by atoms with E-state index in [-0.39, 0.29) is 0 Å². The predicted octanol–water partition coefficient (Wildman–Crippen LogP) is 3.56. The lowest BCUT2D eigenvalue weighted by atomic mass is 10.2. The first kappa shape index (κ1) is 7.76. The lowest BCUT2D eigenvalue weighted by Gasteiger charge is -1.85. The summed E-state index contributed by atoms with van der Waals surface area (Å²) in [6.45, 7) is 0. The molecule has 0 fully saturated rings. The predicted molar refractivity (Wildman–Crippen MR) is 57.3 cm³/mol. The second kappa shape index (κ2) is 2.96. The molecule has 0 aliphatic carbocycles. The molecule has 0 N–H and O–H groups in total. The maximum absolute atomic E-state index is 5.66. The van der Waals surface area contributed by atoms with Crippen molar-refractivity contribution in [3.8, 4) is 10.8 Å². The molecule has 2 nitrogen and oxygen atoms in total. The van der Waals surface area contributed by atoms with Crippen LogP contribution in [0, 0.1) is 0 Å². The molecule has 0 aliphatic heterocycles. The van der Waals surface area contributed by atoms with Crippen molar-refractivity contribution in [2.75, 3.05) is 0 Å². The molecule has 0 radical (unpaired) electrons. The van der Waals surface area contributed by atoms with E-state index in [4.69, 9.17) is 4.42 Å². The lowest BCUT2D eigenvalue weighted by molar-refractivity contribution is 0.631. The Bertz CT molecular complexity index is 520. The number of fused-ring (bicyclic) bond motifs is 1. The van der Waals surface area contributed by atoms with Gasteiger partial charge in [0.1, 0.15) is 5.58 Å². The lowest BCUT2D eigenvalue weighted by Crippen LogP contribution is -1.66. The van der Waals surface area contributed by atoms with Crippen LogP contribution in [0.1, 0.15) is 0 Å². The highest BCUT2D eigenvalue weighted by Crippen LogP contribution is 2.28. The zero-order chi connectivity index (χ0) is 9.38. The topological polar surface area (TPSA) is 26.0 Å². The fourth-order valence-electron chi connectivity index (χ4n) is 1.43. The third-order valence-electron chi connectivity index (χ3n) is 2.07. The number of thiazole rings is 1. The quantitative estimate of drug-likeness (QED) is 0.601. The normalized spacial score (nSPS) is 10.9. The van der Waals surface area contributed by atoms with Gasteiger partial charge in [0, 0.05) is 17.0 Å². The van der Waals surface area contributed by atoms with Crippen LogP contribution in [0.2, 0.25) is 0 Å². The van der Waals surface area contributed by atoms with E-state index in [0.717, 1.165) is 21.7 Å². The van der Waals surface area contributed by atoms with Crippen molar-refractivity contribution in [1.29, 1.82) is 0 Å². The van der Waals surface area contributed by atoms with Crippen molar-refractivity contribution in [1.82, 2.24) is 4.98 Å². The molecule has 0 amide bonds. The molecule has 2 aromatic heterocycles. The summed E-state index contributed by atoms with van der Waals surface area (Å²) in [6.07, 6.45) is 1.78. The van der Waals surface area contributed by atoms with Crippen LogP contribution in [0.3, 0.4) is 0 Å². The van der Waals surface area contributed by atoms with Gasteiger partial charge in [0.25, 0.3) is 0 Å². The van der Waals surface area contributed by atoms with Crippen LogP contribution in [0.15, 0.2) is 46.3 Å². The van der Waals surface area contributed by atoms with E-state index in [1.807, 2.05) is 35.7 Å². The van der Waals surface area contributed by atoms with E-state index in [2.05, 4.69) is 4.98 Å². The maximum Gasteiger partial charge on any atom is 0.164 e. The molecule has 3 heteroatoms. The molecule has 0 atom stereocenters.